The Morgan fingerprint density at radius 2 is 1.43 bits per heavy atom. The Bertz CT molecular complexity index is 1350. The number of halogens is 3. The Morgan fingerprint density at radius 3 is 2.11 bits per heavy atom. The van der Waals surface area contributed by atoms with Crippen LogP contribution in [0.4, 0.5) is 13.2 Å². The van der Waals surface area contributed by atoms with Crippen LogP contribution < -0.4 is 9.47 Å². The minimum absolute atomic E-state index is 0.166. The number of hydrogen-bond acceptors (Lipinski definition) is 4. The van der Waals surface area contributed by atoms with Gasteiger partial charge in [-0.05, 0) is 77.4 Å². The fourth-order valence-corrected chi connectivity index (χ4v) is 3.37. The summed E-state index contributed by atoms with van der Waals surface area (Å²) < 4.78 is 49.7. The van der Waals surface area contributed by atoms with Crippen LogP contribution in [0, 0.1) is 0 Å². The van der Waals surface area contributed by atoms with E-state index in [1.807, 2.05) is 30.3 Å². The lowest BCUT2D eigenvalue weighted by Gasteiger charge is -2.11. The van der Waals surface area contributed by atoms with Crippen LogP contribution in [0.1, 0.15) is 21.5 Å². The van der Waals surface area contributed by atoms with E-state index in [1.165, 1.54) is 30.3 Å². The first-order chi connectivity index (χ1) is 16.7. The molecule has 4 rings (SSSR count). The molecule has 178 valence electrons. The molecule has 0 aliphatic heterocycles. The second-order valence-corrected chi connectivity index (χ2v) is 7.63. The fourth-order valence-electron chi connectivity index (χ4n) is 3.37. The van der Waals surface area contributed by atoms with E-state index in [9.17, 15) is 23.1 Å². The van der Waals surface area contributed by atoms with E-state index in [2.05, 4.69) is 0 Å². The summed E-state index contributed by atoms with van der Waals surface area (Å²) in [5.41, 5.74) is 1.52. The molecule has 0 amide bonds. The summed E-state index contributed by atoms with van der Waals surface area (Å²) in [6, 6.07) is 23.1. The van der Waals surface area contributed by atoms with Gasteiger partial charge >= 0.3 is 12.1 Å². The summed E-state index contributed by atoms with van der Waals surface area (Å²) in [5.74, 6) is -0.544. The maximum Gasteiger partial charge on any atom is 0.416 e. The molecule has 2 N–H and O–H groups in total. The van der Waals surface area contributed by atoms with Gasteiger partial charge in [0.2, 0.25) is 0 Å². The molecular formula is C27H19F3O5. The van der Waals surface area contributed by atoms with Gasteiger partial charge in [0, 0.05) is 0 Å². The van der Waals surface area contributed by atoms with Gasteiger partial charge in [-0.1, -0.05) is 30.3 Å². The molecule has 0 atom stereocenters. The number of hydrogen-bond donors (Lipinski definition) is 2. The topological polar surface area (TPSA) is 76.0 Å². The van der Waals surface area contributed by atoms with Crippen LogP contribution in [-0.2, 0) is 12.8 Å². The summed E-state index contributed by atoms with van der Waals surface area (Å²) in [6.07, 6.45) is -4.41. The maximum absolute atomic E-state index is 12.8. The highest BCUT2D eigenvalue weighted by Crippen LogP contribution is 2.32. The third-order valence-corrected chi connectivity index (χ3v) is 5.12. The van der Waals surface area contributed by atoms with Crippen molar-refractivity contribution in [3.63, 3.8) is 0 Å². The maximum atomic E-state index is 12.8. The molecule has 0 spiro atoms. The Labute approximate surface area is 198 Å². The van der Waals surface area contributed by atoms with Crippen LogP contribution in [0.15, 0.2) is 91.0 Å². The van der Waals surface area contributed by atoms with Gasteiger partial charge in [0.05, 0.1) is 5.56 Å². The quantitative estimate of drug-likeness (QED) is 0.294. The van der Waals surface area contributed by atoms with Gasteiger partial charge in [-0.15, -0.1) is 0 Å². The van der Waals surface area contributed by atoms with Gasteiger partial charge in [0.1, 0.15) is 35.2 Å². The monoisotopic (exact) mass is 480 g/mol. The predicted octanol–water partition coefficient (Wildman–Crippen LogP) is 7.15. The molecule has 35 heavy (non-hydrogen) atoms. The first-order valence-corrected chi connectivity index (χ1v) is 10.4. The van der Waals surface area contributed by atoms with Crippen LogP contribution in [0.5, 0.6) is 23.0 Å². The number of carbonyl (C=O) groups is 1. The second-order valence-electron chi connectivity index (χ2n) is 7.63. The van der Waals surface area contributed by atoms with Crippen molar-refractivity contribution in [1.29, 1.82) is 0 Å². The SMILES string of the molecule is O=C(O)c1cc(OCc2cccc(-c3cccc(Oc4ccc(C(F)(F)F)cc4)c3)c2)ccc1O. The zero-order chi connectivity index (χ0) is 25.0. The molecule has 8 heteroatoms. The van der Waals surface area contributed by atoms with Crippen molar-refractivity contribution in [2.24, 2.45) is 0 Å². The number of aromatic carboxylic acids is 1. The van der Waals surface area contributed by atoms with Crippen molar-refractivity contribution in [2.75, 3.05) is 0 Å². The third-order valence-electron chi connectivity index (χ3n) is 5.12. The zero-order valence-corrected chi connectivity index (χ0v) is 18.1. The minimum Gasteiger partial charge on any atom is -0.507 e. The number of rotatable bonds is 7. The molecule has 5 nitrogen and oxygen atoms in total. The van der Waals surface area contributed by atoms with E-state index in [0.717, 1.165) is 28.8 Å². The Balaban J connectivity index is 1.47. The van der Waals surface area contributed by atoms with Crippen molar-refractivity contribution in [3.8, 4) is 34.1 Å². The van der Waals surface area contributed by atoms with Crippen LogP contribution in [-0.4, -0.2) is 16.2 Å². The molecule has 4 aromatic rings. The third kappa shape index (κ3) is 5.92. The summed E-state index contributed by atoms with van der Waals surface area (Å²) >= 11 is 0. The van der Waals surface area contributed by atoms with Crippen molar-refractivity contribution < 1.29 is 37.7 Å². The van der Waals surface area contributed by atoms with E-state index in [1.54, 1.807) is 18.2 Å². The fraction of sp³-hybridized carbons (Fsp3) is 0.0741. The van der Waals surface area contributed by atoms with Crippen LogP contribution in [0.25, 0.3) is 11.1 Å². The Hall–Kier alpha value is -4.46. The van der Waals surface area contributed by atoms with Gasteiger partial charge in [0.15, 0.2) is 0 Å². The molecule has 0 heterocycles. The van der Waals surface area contributed by atoms with Gasteiger partial charge in [-0.2, -0.15) is 13.2 Å². The lowest BCUT2D eigenvalue weighted by molar-refractivity contribution is -0.137. The van der Waals surface area contributed by atoms with Gasteiger partial charge in [-0.25, -0.2) is 4.79 Å². The molecule has 0 aliphatic rings. The largest absolute Gasteiger partial charge is 0.507 e. The summed E-state index contributed by atoms with van der Waals surface area (Å²) in [6.45, 7) is 0.166. The first kappa shape index (κ1) is 23.7. The molecule has 0 saturated heterocycles. The molecule has 0 aromatic heterocycles. The van der Waals surface area contributed by atoms with E-state index in [-0.39, 0.29) is 23.7 Å². The molecule has 0 radical (unpaired) electrons. The minimum atomic E-state index is -4.41. The van der Waals surface area contributed by atoms with Gasteiger partial charge in [-0.3, -0.25) is 0 Å². The average molecular weight is 480 g/mol. The molecule has 0 fully saturated rings. The molecule has 0 bridgehead atoms. The predicted molar refractivity (Wildman–Crippen MR) is 123 cm³/mol. The summed E-state index contributed by atoms with van der Waals surface area (Å²) in [5, 5.41) is 18.7. The molecule has 4 aromatic carbocycles. The second kappa shape index (κ2) is 9.80. The number of aromatic hydroxyl groups is 1. The van der Waals surface area contributed by atoms with E-state index in [0.29, 0.717) is 11.5 Å². The lowest BCUT2D eigenvalue weighted by Crippen LogP contribution is -2.03. The number of ether oxygens (including phenoxy) is 2. The molecular weight excluding hydrogens is 461 g/mol. The zero-order valence-electron chi connectivity index (χ0n) is 18.1. The normalized spacial score (nSPS) is 11.2. The average Bonchev–Trinajstić information content (AvgIpc) is 2.83. The van der Waals surface area contributed by atoms with Crippen molar-refractivity contribution in [2.45, 2.75) is 12.8 Å². The van der Waals surface area contributed by atoms with E-state index in [4.69, 9.17) is 14.6 Å². The van der Waals surface area contributed by atoms with Gasteiger partial charge in [0.25, 0.3) is 0 Å². The molecule has 0 saturated carbocycles. The van der Waals surface area contributed by atoms with Gasteiger partial charge < -0.3 is 19.7 Å². The van der Waals surface area contributed by atoms with Crippen molar-refractivity contribution in [1.82, 2.24) is 0 Å². The number of carboxylic acids is 1. The number of phenols is 1. The van der Waals surface area contributed by atoms with Crippen LogP contribution in [0.3, 0.4) is 0 Å². The van der Waals surface area contributed by atoms with E-state index < -0.39 is 17.7 Å². The molecule has 0 unspecified atom stereocenters. The first-order valence-electron chi connectivity index (χ1n) is 10.4. The van der Waals surface area contributed by atoms with Crippen molar-refractivity contribution >= 4 is 5.97 Å². The molecule has 0 aliphatic carbocycles. The van der Waals surface area contributed by atoms with Crippen LogP contribution >= 0.6 is 0 Å². The highest BCUT2D eigenvalue weighted by molar-refractivity contribution is 5.91. The highest BCUT2D eigenvalue weighted by Gasteiger charge is 2.30. The lowest BCUT2D eigenvalue weighted by atomic mass is 10.0. The Morgan fingerprint density at radius 1 is 0.771 bits per heavy atom. The van der Waals surface area contributed by atoms with Crippen molar-refractivity contribution in [3.05, 3.63) is 108 Å². The Kier molecular flexibility index (Phi) is 6.64. The van der Waals surface area contributed by atoms with Crippen LogP contribution in [0.2, 0.25) is 0 Å². The number of benzene rings is 4. The number of carboxylic acid groups (broad SMARTS) is 1. The number of alkyl halides is 3. The standard InChI is InChI=1S/C27H19F3O5/c28-27(29,30)20-7-9-21(10-8-20)35-23-6-2-5-19(14-23)18-4-1-3-17(13-18)16-34-22-11-12-25(31)24(15-22)26(32)33/h1-15,31H,16H2,(H,32,33). The van der Waals surface area contributed by atoms with E-state index >= 15 is 0 Å². The smallest absolute Gasteiger partial charge is 0.416 e. The summed E-state index contributed by atoms with van der Waals surface area (Å²) in [7, 11) is 0. The summed E-state index contributed by atoms with van der Waals surface area (Å²) in [4.78, 5) is 11.2. The highest BCUT2D eigenvalue weighted by atomic mass is 19.4.